The van der Waals surface area contributed by atoms with Crippen LogP contribution in [0, 0.1) is 0 Å². The molecule has 0 N–H and O–H groups in total. The van der Waals surface area contributed by atoms with E-state index in [-0.39, 0.29) is 29.6 Å². The first-order valence-electron chi connectivity index (χ1n) is 12.6. The van der Waals surface area contributed by atoms with E-state index in [9.17, 15) is 26.3 Å². The lowest BCUT2D eigenvalue weighted by Gasteiger charge is -2.45. The van der Waals surface area contributed by atoms with Crippen LogP contribution in [0.25, 0.3) is 0 Å². The molecular formula is C31H26ClF6NO2. The lowest BCUT2D eigenvalue weighted by Crippen LogP contribution is -2.54. The van der Waals surface area contributed by atoms with Crippen molar-refractivity contribution >= 4 is 12.4 Å². The van der Waals surface area contributed by atoms with E-state index in [0.29, 0.717) is 13.1 Å². The number of hydrogen-bond acceptors (Lipinski definition) is 3. The van der Waals surface area contributed by atoms with Crippen LogP contribution in [0.5, 0.6) is 5.75 Å². The summed E-state index contributed by atoms with van der Waals surface area (Å²) in [4.78, 5) is 2.18. The van der Waals surface area contributed by atoms with Gasteiger partial charge in [-0.25, -0.2) is 0 Å². The van der Waals surface area contributed by atoms with Crippen LogP contribution < -0.4 is 4.74 Å². The van der Waals surface area contributed by atoms with Crippen LogP contribution in [-0.2, 0) is 10.9 Å². The number of likely N-dealkylation sites (tertiary alicyclic amines) is 1. The molecule has 1 heterocycles. The van der Waals surface area contributed by atoms with E-state index >= 15 is 0 Å². The number of alkyl halides is 6. The molecule has 3 nitrogen and oxygen atoms in total. The number of halogens is 7. The molecule has 1 unspecified atom stereocenters. The number of hydrogen-bond donors (Lipinski definition) is 0. The summed E-state index contributed by atoms with van der Waals surface area (Å²) in [6.07, 6.45) is -11.1. The van der Waals surface area contributed by atoms with Crippen molar-refractivity contribution in [2.75, 3.05) is 13.1 Å². The smallest absolute Gasteiger partial charge is 0.406 e. The third-order valence-electron chi connectivity index (χ3n) is 6.77. The molecule has 1 aliphatic heterocycles. The zero-order chi connectivity index (χ0) is 28.3. The summed E-state index contributed by atoms with van der Waals surface area (Å²) >= 11 is 0. The monoisotopic (exact) mass is 593 g/mol. The SMILES string of the molecule is Cl.FC(F)(F)Oc1ccc(C(OC2CN(C(c3ccccc3)c3ccccc3)C2)c2ccccc2C(F)(F)F)cc1. The number of benzene rings is 4. The molecule has 0 spiro atoms. The molecule has 1 saturated heterocycles. The van der Waals surface area contributed by atoms with Gasteiger partial charge in [-0.1, -0.05) is 91.0 Å². The second-order valence-corrected chi connectivity index (χ2v) is 9.52. The second-order valence-electron chi connectivity index (χ2n) is 9.52. The largest absolute Gasteiger partial charge is 0.573 e. The van der Waals surface area contributed by atoms with Crippen molar-refractivity contribution in [3.8, 4) is 5.75 Å². The van der Waals surface area contributed by atoms with E-state index in [0.717, 1.165) is 29.3 Å². The summed E-state index contributed by atoms with van der Waals surface area (Å²) in [5, 5.41) is 0. The van der Waals surface area contributed by atoms with E-state index < -0.39 is 36.1 Å². The minimum atomic E-state index is -4.89. The zero-order valence-electron chi connectivity index (χ0n) is 21.5. The quantitative estimate of drug-likeness (QED) is 0.191. The fourth-order valence-corrected chi connectivity index (χ4v) is 5.00. The van der Waals surface area contributed by atoms with Crippen LogP contribution >= 0.6 is 12.4 Å². The van der Waals surface area contributed by atoms with Gasteiger partial charge in [0.1, 0.15) is 11.9 Å². The minimum absolute atomic E-state index is 0. The van der Waals surface area contributed by atoms with Crippen molar-refractivity contribution in [3.05, 3.63) is 137 Å². The lowest BCUT2D eigenvalue weighted by molar-refractivity contribution is -0.274. The average molecular weight is 594 g/mol. The molecule has 0 aliphatic carbocycles. The molecule has 1 atom stereocenters. The van der Waals surface area contributed by atoms with Crippen LogP contribution in [0.1, 0.15) is 40.0 Å². The summed E-state index contributed by atoms with van der Waals surface area (Å²) in [6.45, 7) is 0.906. The van der Waals surface area contributed by atoms with Gasteiger partial charge in [0.25, 0.3) is 0 Å². The Hall–Kier alpha value is -3.53. The van der Waals surface area contributed by atoms with E-state index in [1.54, 1.807) is 0 Å². The average Bonchev–Trinajstić information content (AvgIpc) is 2.90. The Balaban J connectivity index is 0.00000387. The number of nitrogens with zero attached hydrogens (tertiary/aromatic N) is 1. The molecule has 216 valence electrons. The topological polar surface area (TPSA) is 21.7 Å². The third kappa shape index (κ3) is 7.41. The van der Waals surface area contributed by atoms with Crippen LogP contribution in [0.2, 0.25) is 0 Å². The Morgan fingerprint density at radius 1 is 0.634 bits per heavy atom. The molecule has 0 aromatic heterocycles. The molecule has 0 saturated carbocycles. The molecule has 41 heavy (non-hydrogen) atoms. The second kappa shape index (κ2) is 12.5. The van der Waals surface area contributed by atoms with Gasteiger partial charge < -0.3 is 9.47 Å². The van der Waals surface area contributed by atoms with Crippen molar-refractivity contribution in [2.24, 2.45) is 0 Å². The fraction of sp³-hybridized carbons (Fsp3) is 0.226. The molecule has 1 fully saturated rings. The van der Waals surface area contributed by atoms with Gasteiger partial charge in [0, 0.05) is 13.1 Å². The van der Waals surface area contributed by atoms with Gasteiger partial charge in [0.2, 0.25) is 0 Å². The standard InChI is InChI=1S/C31H25F6NO2.ClH/c32-30(33,34)27-14-8-7-13-26(27)29(23-15-17-24(18-16-23)40-31(35,36)37)39-25-19-38(20-25)28(21-9-3-1-4-10-21)22-11-5-2-6-12-22;/h1-18,25,28-29H,19-20H2;1H. The number of rotatable bonds is 8. The first-order chi connectivity index (χ1) is 19.1. The Morgan fingerprint density at radius 2 is 1.15 bits per heavy atom. The van der Waals surface area contributed by atoms with E-state index in [2.05, 4.69) is 9.64 Å². The lowest BCUT2D eigenvalue weighted by atomic mass is 9.93. The predicted molar refractivity (Wildman–Crippen MR) is 145 cm³/mol. The van der Waals surface area contributed by atoms with E-state index in [4.69, 9.17) is 4.74 Å². The van der Waals surface area contributed by atoms with Crippen molar-refractivity contribution in [1.82, 2.24) is 4.90 Å². The summed E-state index contributed by atoms with van der Waals surface area (Å²) in [7, 11) is 0. The minimum Gasteiger partial charge on any atom is -0.406 e. The molecular weight excluding hydrogens is 568 g/mol. The summed E-state index contributed by atoms with van der Waals surface area (Å²) < 4.78 is 90.0. The van der Waals surface area contributed by atoms with E-state index in [1.165, 1.54) is 30.3 Å². The highest BCUT2D eigenvalue weighted by atomic mass is 35.5. The highest BCUT2D eigenvalue weighted by molar-refractivity contribution is 5.85. The molecule has 4 aromatic carbocycles. The Labute approximate surface area is 239 Å². The molecule has 4 aromatic rings. The van der Waals surface area contributed by atoms with Gasteiger partial charge >= 0.3 is 12.5 Å². The van der Waals surface area contributed by atoms with Crippen molar-refractivity contribution in [1.29, 1.82) is 0 Å². The first-order valence-corrected chi connectivity index (χ1v) is 12.6. The van der Waals surface area contributed by atoms with Crippen LogP contribution in [0.3, 0.4) is 0 Å². The van der Waals surface area contributed by atoms with Gasteiger partial charge in [0.15, 0.2) is 0 Å². The van der Waals surface area contributed by atoms with Crippen molar-refractivity contribution < 1.29 is 35.8 Å². The fourth-order valence-electron chi connectivity index (χ4n) is 5.00. The summed E-state index contributed by atoms with van der Waals surface area (Å²) in [6, 6.07) is 29.5. The Morgan fingerprint density at radius 3 is 1.66 bits per heavy atom. The highest BCUT2D eigenvalue weighted by Gasteiger charge is 2.40. The summed E-state index contributed by atoms with van der Waals surface area (Å²) in [5.74, 6) is -0.470. The Bertz CT molecular complexity index is 1350. The highest BCUT2D eigenvalue weighted by Crippen LogP contribution is 2.41. The Kier molecular flexibility index (Phi) is 9.31. The molecule has 0 amide bonds. The third-order valence-corrected chi connectivity index (χ3v) is 6.77. The first kappa shape index (κ1) is 30.4. The number of ether oxygens (including phenoxy) is 2. The van der Waals surface area contributed by atoms with Crippen LogP contribution in [-0.4, -0.2) is 30.5 Å². The van der Waals surface area contributed by atoms with Gasteiger partial charge in [-0.05, 0) is 40.5 Å². The van der Waals surface area contributed by atoms with Gasteiger partial charge in [-0.3, -0.25) is 4.90 Å². The van der Waals surface area contributed by atoms with Crippen molar-refractivity contribution in [3.63, 3.8) is 0 Å². The maximum Gasteiger partial charge on any atom is 0.573 e. The molecule has 10 heteroatoms. The maximum atomic E-state index is 13.9. The molecule has 1 aliphatic rings. The van der Waals surface area contributed by atoms with Gasteiger partial charge in [-0.15, -0.1) is 25.6 Å². The summed E-state index contributed by atoms with van der Waals surface area (Å²) in [5.41, 5.74) is 1.46. The van der Waals surface area contributed by atoms with Gasteiger partial charge in [-0.2, -0.15) is 13.2 Å². The molecule has 0 bridgehead atoms. The molecule has 5 rings (SSSR count). The maximum absolute atomic E-state index is 13.9. The van der Waals surface area contributed by atoms with Gasteiger partial charge in [0.05, 0.1) is 17.7 Å². The van der Waals surface area contributed by atoms with E-state index in [1.807, 2.05) is 60.7 Å². The van der Waals surface area contributed by atoms with Crippen LogP contribution in [0.15, 0.2) is 109 Å². The predicted octanol–water partition coefficient (Wildman–Crippen LogP) is 8.61. The normalized spacial score (nSPS) is 15.2. The zero-order valence-corrected chi connectivity index (χ0v) is 22.3. The molecule has 0 radical (unpaired) electrons. The van der Waals surface area contributed by atoms with Crippen molar-refractivity contribution in [2.45, 2.75) is 30.8 Å². The van der Waals surface area contributed by atoms with Crippen LogP contribution in [0.4, 0.5) is 26.3 Å².